The molecule has 16 heavy (non-hydrogen) atoms. The lowest BCUT2D eigenvalue weighted by Gasteiger charge is -2.14. The Morgan fingerprint density at radius 1 is 1.81 bits per heavy atom. The molecule has 1 rings (SSSR count). The van der Waals surface area contributed by atoms with E-state index in [1.54, 1.807) is 0 Å². The topological polar surface area (TPSA) is 90.4 Å². The molecule has 88 valence electrons. The highest BCUT2D eigenvalue weighted by Gasteiger charge is 2.10. The van der Waals surface area contributed by atoms with Gasteiger partial charge in [0.05, 0.1) is 6.61 Å². The minimum atomic E-state index is -0.565. The third-order valence-electron chi connectivity index (χ3n) is 1.83. The summed E-state index contributed by atoms with van der Waals surface area (Å²) in [5.74, 6) is 0.157. The van der Waals surface area contributed by atoms with Crippen LogP contribution in [-0.2, 0) is 11.5 Å². The first-order chi connectivity index (χ1) is 7.54. The van der Waals surface area contributed by atoms with E-state index >= 15 is 0 Å². The number of aliphatic hydroxyl groups excluding tert-OH is 1. The molecule has 0 saturated carbocycles. The van der Waals surface area contributed by atoms with Crippen LogP contribution in [-0.4, -0.2) is 27.4 Å². The van der Waals surface area contributed by atoms with Crippen LogP contribution in [0.15, 0.2) is 28.1 Å². The van der Waals surface area contributed by atoms with Gasteiger partial charge >= 0.3 is 5.69 Å². The van der Waals surface area contributed by atoms with Crippen molar-refractivity contribution < 1.29 is 9.84 Å². The van der Waals surface area contributed by atoms with Crippen molar-refractivity contribution in [1.82, 2.24) is 9.55 Å². The standard InChI is InChI=1S/C9H12BrN3O3/c1-6(10)7(4-14)16-5-13-3-2-8(11)12-9(13)15/h2-3,7,14H,1,4-5H2,(H2,11,12,15). The van der Waals surface area contributed by atoms with Gasteiger partial charge in [0.2, 0.25) is 0 Å². The van der Waals surface area contributed by atoms with Gasteiger partial charge < -0.3 is 15.6 Å². The SMILES string of the molecule is C=C(Br)C(CO)OCn1ccc(N)nc1=O. The van der Waals surface area contributed by atoms with Crippen LogP contribution in [0, 0.1) is 0 Å². The monoisotopic (exact) mass is 289 g/mol. The first-order valence-electron chi connectivity index (χ1n) is 4.44. The predicted molar refractivity (Wildman–Crippen MR) is 62.9 cm³/mol. The van der Waals surface area contributed by atoms with Gasteiger partial charge in [-0.1, -0.05) is 22.5 Å². The second-order valence-corrected chi connectivity index (χ2v) is 4.04. The molecular weight excluding hydrogens is 278 g/mol. The van der Waals surface area contributed by atoms with E-state index in [9.17, 15) is 4.79 Å². The molecular formula is C9H12BrN3O3. The summed E-state index contributed by atoms with van der Waals surface area (Å²) in [6.07, 6.45) is 0.903. The normalized spacial score (nSPS) is 12.4. The molecule has 1 heterocycles. The van der Waals surface area contributed by atoms with Crippen LogP contribution in [0.25, 0.3) is 0 Å². The molecule has 0 spiro atoms. The molecule has 1 atom stereocenters. The Morgan fingerprint density at radius 2 is 2.50 bits per heavy atom. The van der Waals surface area contributed by atoms with Gasteiger partial charge in [-0.15, -0.1) is 0 Å². The molecule has 1 aromatic rings. The van der Waals surface area contributed by atoms with Gasteiger partial charge in [-0.05, 0) is 6.07 Å². The number of aromatic nitrogens is 2. The van der Waals surface area contributed by atoms with Crippen molar-refractivity contribution in [1.29, 1.82) is 0 Å². The zero-order valence-electron chi connectivity index (χ0n) is 8.47. The van der Waals surface area contributed by atoms with Crippen molar-refractivity contribution >= 4 is 21.7 Å². The Morgan fingerprint density at radius 3 is 3.00 bits per heavy atom. The molecule has 0 saturated heterocycles. The molecule has 0 aliphatic rings. The number of aliphatic hydroxyl groups is 1. The molecule has 0 aromatic carbocycles. The van der Waals surface area contributed by atoms with Gasteiger partial charge in [-0.3, -0.25) is 4.57 Å². The van der Waals surface area contributed by atoms with E-state index in [0.717, 1.165) is 0 Å². The Kier molecular flexibility index (Phi) is 4.66. The highest BCUT2D eigenvalue weighted by atomic mass is 79.9. The van der Waals surface area contributed by atoms with Crippen LogP contribution >= 0.6 is 15.9 Å². The predicted octanol–water partition coefficient (Wildman–Crippen LogP) is 0.0691. The minimum Gasteiger partial charge on any atom is -0.393 e. The molecule has 0 radical (unpaired) electrons. The third-order valence-corrected chi connectivity index (χ3v) is 2.34. The molecule has 6 nitrogen and oxygen atoms in total. The first-order valence-corrected chi connectivity index (χ1v) is 5.23. The second-order valence-electron chi connectivity index (χ2n) is 3.02. The number of rotatable bonds is 5. The smallest absolute Gasteiger partial charge is 0.351 e. The Labute approximate surface area is 100 Å². The van der Waals surface area contributed by atoms with Crippen LogP contribution in [0.4, 0.5) is 5.82 Å². The fourth-order valence-corrected chi connectivity index (χ4v) is 1.23. The summed E-state index contributed by atoms with van der Waals surface area (Å²) in [5.41, 5.74) is 4.83. The lowest BCUT2D eigenvalue weighted by Crippen LogP contribution is -2.27. The number of nitrogen functional groups attached to an aromatic ring is 1. The van der Waals surface area contributed by atoms with Gasteiger partial charge in [-0.2, -0.15) is 4.98 Å². The minimum absolute atomic E-state index is 0.0258. The van der Waals surface area contributed by atoms with Gasteiger partial charge in [-0.25, -0.2) is 4.79 Å². The summed E-state index contributed by atoms with van der Waals surface area (Å²) in [5, 5.41) is 8.95. The van der Waals surface area contributed by atoms with Gasteiger partial charge in [0.15, 0.2) is 0 Å². The molecule has 3 N–H and O–H groups in total. The first kappa shape index (κ1) is 12.9. The number of hydrogen-bond acceptors (Lipinski definition) is 5. The maximum atomic E-state index is 11.3. The van der Waals surface area contributed by atoms with E-state index < -0.39 is 11.8 Å². The summed E-state index contributed by atoms with van der Waals surface area (Å²) >= 11 is 3.10. The number of hydrogen-bond donors (Lipinski definition) is 2. The summed E-state index contributed by atoms with van der Waals surface area (Å²) in [6.45, 7) is 3.34. The molecule has 0 amide bonds. The summed E-state index contributed by atoms with van der Waals surface area (Å²) in [6, 6.07) is 1.49. The Balaban J connectivity index is 2.67. The largest absolute Gasteiger partial charge is 0.393 e. The third kappa shape index (κ3) is 3.44. The zero-order valence-corrected chi connectivity index (χ0v) is 10.1. The Bertz CT molecular complexity index is 432. The fraction of sp³-hybridized carbons (Fsp3) is 0.333. The maximum Gasteiger partial charge on any atom is 0.351 e. The van der Waals surface area contributed by atoms with Crippen LogP contribution in [0.1, 0.15) is 0 Å². The van der Waals surface area contributed by atoms with Crippen LogP contribution in [0.3, 0.4) is 0 Å². The summed E-state index contributed by atoms with van der Waals surface area (Å²) in [7, 11) is 0. The number of nitrogens with two attached hydrogens (primary N) is 1. The van der Waals surface area contributed by atoms with E-state index in [2.05, 4.69) is 27.5 Å². The number of nitrogens with zero attached hydrogens (tertiary/aromatic N) is 2. The van der Waals surface area contributed by atoms with E-state index in [-0.39, 0.29) is 19.2 Å². The summed E-state index contributed by atoms with van der Waals surface area (Å²) < 4.78 is 6.98. The molecule has 0 bridgehead atoms. The molecule has 1 unspecified atom stereocenters. The molecule has 1 aromatic heterocycles. The summed E-state index contributed by atoms with van der Waals surface area (Å²) in [4.78, 5) is 14.8. The van der Waals surface area contributed by atoms with E-state index in [4.69, 9.17) is 15.6 Å². The van der Waals surface area contributed by atoms with Crippen molar-refractivity contribution in [3.8, 4) is 0 Å². The zero-order chi connectivity index (χ0) is 12.1. The van der Waals surface area contributed by atoms with Crippen molar-refractivity contribution in [2.75, 3.05) is 12.3 Å². The highest BCUT2D eigenvalue weighted by Crippen LogP contribution is 2.11. The quantitative estimate of drug-likeness (QED) is 0.801. The van der Waals surface area contributed by atoms with Crippen LogP contribution in [0.5, 0.6) is 0 Å². The lowest BCUT2D eigenvalue weighted by molar-refractivity contribution is -0.000104. The average molecular weight is 290 g/mol. The van der Waals surface area contributed by atoms with Crippen LogP contribution < -0.4 is 11.4 Å². The molecule has 0 aliphatic heterocycles. The van der Waals surface area contributed by atoms with E-state index in [1.807, 2.05) is 0 Å². The second kappa shape index (κ2) is 5.78. The maximum absolute atomic E-state index is 11.3. The fourth-order valence-electron chi connectivity index (χ4n) is 0.953. The highest BCUT2D eigenvalue weighted by molar-refractivity contribution is 9.11. The molecule has 0 aliphatic carbocycles. The number of halogens is 1. The van der Waals surface area contributed by atoms with Crippen molar-refractivity contribution in [2.45, 2.75) is 12.8 Å². The molecule has 0 fully saturated rings. The average Bonchev–Trinajstić information content (AvgIpc) is 2.21. The number of anilines is 1. The van der Waals surface area contributed by atoms with E-state index in [1.165, 1.54) is 16.8 Å². The van der Waals surface area contributed by atoms with Crippen molar-refractivity contribution in [2.24, 2.45) is 0 Å². The number of ether oxygens (including phenoxy) is 1. The molecule has 7 heteroatoms. The van der Waals surface area contributed by atoms with E-state index in [0.29, 0.717) is 4.48 Å². The van der Waals surface area contributed by atoms with Crippen molar-refractivity contribution in [3.05, 3.63) is 33.8 Å². The van der Waals surface area contributed by atoms with Crippen molar-refractivity contribution in [3.63, 3.8) is 0 Å². The lowest BCUT2D eigenvalue weighted by atomic mass is 10.4. The van der Waals surface area contributed by atoms with Gasteiger partial charge in [0.1, 0.15) is 18.7 Å². The Hall–Kier alpha value is -1.18. The van der Waals surface area contributed by atoms with Gasteiger partial charge in [0, 0.05) is 10.7 Å². The van der Waals surface area contributed by atoms with Gasteiger partial charge in [0.25, 0.3) is 0 Å². The van der Waals surface area contributed by atoms with Crippen LogP contribution in [0.2, 0.25) is 0 Å².